The molecular weight excluding hydrogens is 216 g/mol. The fraction of sp³-hybridized carbons (Fsp3) is 0.462. The summed E-state index contributed by atoms with van der Waals surface area (Å²) in [6.45, 7) is 5.14. The van der Waals surface area contributed by atoms with E-state index in [1.54, 1.807) is 6.92 Å². The molecule has 1 amide bonds. The zero-order valence-corrected chi connectivity index (χ0v) is 10.4. The highest BCUT2D eigenvalue weighted by molar-refractivity contribution is 5.79. The van der Waals surface area contributed by atoms with Crippen molar-refractivity contribution in [2.24, 2.45) is 5.73 Å². The van der Waals surface area contributed by atoms with Crippen LogP contribution >= 0.6 is 0 Å². The average Bonchev–Trinajstić information content (AvgIpc) is 2.33. The number of nitrogens with two attached hydrogens (primary N) is 1. The molecule has 94 valence electrons. The van der Waals surface area contributed by atoms with E-state index in [-0.39, 0.29) is 11.9 Å². The van der Waals surface area contributed by atoms with Crippen molar-refractivity contribution in [1.82, 2.24) is 5.32 Å². The summed E-state index contributed by atoms with van der Waals surface area (Å²) in [5.41, 5.74) is 6.25. The molecule has 4 heteroatoms. The molecule has 0 aromatic heterocycles. The predicted molar refractivity (Wildman–Crippen MR) is 67.7 cm³/mol. The second-order valence-corrected chi connectivity index (χ2v) is 4.00. The molecule has 1 aromatic carbocycles. The molecule has 0 aliphatic carbocycles. The molecule has 1 rings (SSSR count). The van der Waals surface area contributed by atoms with Crippen molar-refractivity contribution in [2.45, 2.75) is 32.9 Å². The maximum atomic E-state index is 10.9. The minimum absolute atomic E-state index is 0.324. The van der Waals surface area contributed by atoms with Crippen LogP contribution in [0.5, 0.6) is 5.75 Å². The van der Waals surface area contributed by atoms with E-state index >= 15 is 0 Å². The molecule has 1 unspecified atom stereocenters. The zero-order valence-electron chi connectivity index (χ0n) is 10.4. The molecule has 1 atom stereocenters. The lowest BCUT2D eigenvalue weighted by Crippen LogP contribution is -2.38. The number of carbonyl (C=O) groups is 1. The topological polar surface area (TPSA) is 64.3 Å². The van der Waals surface area contributed by atoms with Crippen LogP contribution in [0.3, 0.4) is 0 Å². The van der Waals surface area contributed by atoms with Crippen LogP contribution in [0.1, 0.15) is 25.8 Å². The van der Waals surface area contributed by atoms with Crippen LogP contribution < -0.4 is 15.8 Å². The van der Waals surface area contributed by atoms with E-state index < -0.39 is 0 Å². The molecule has 0 aliphatic heterocycles. The number of primary amides is 1. The smallest absolute Gasteiger partial charge is 0.234 e. The van der Waals surface area contributed by atoms with Gasteiger partial charge in [-0.25, -0.2) is 0 Å². The molecule has 3 N–H and O–H groups in total. The second-order valence-electron chi connectivity index (χ2n) is 4.00. The van der Waals surface area contributed by atoms with Crippen molar-refractivity contribution < 1.29 is 9.53 Å². The van der Waals surface area contributed by atoms with Crippen LogP contribution in [0.25, 0.3) is 0 Å². The van der Waals surface area contributed by atoms with E-state index in [4.69, 9.17) is 10.5 Å². The van der Waals surface area contributed by atoms with E-state index in [0.29, 0.717) is 13.2 Å². The Bertz CT molecular complexity index is 366. The monoisotopic (exact) mass is 236 g/mol. The Morgan fingerprint density at radius 1 is 1.53 bits per heavy atom. The standard InChI is InChI=1S/C13H20N2O2/c1-3-7-17-12-6-4-5-11(8-12)9-15-10(2)13(14)16/h4-6,8,10,15H,3,7,9H2,1-2H3,(H2,14,16). The Kier molecular flexibility index (Phi) is 5.49. The highest BCUT2D eigenvalue weighted by atomic mass is 16.5. The Balaban J connectivity index is 2.50. The highest BCUT2D eigenvalue weighted by Gasteiger charge is 2.07. The third-order valence-corrected chi connectivity index (χ3v) is 2.41. The van der Waals surface area contributed by atoms with E-state index in [0.717, 1.165) is 17.7 Å². The summed E-state index contributed by atoms with van der Waals surface area (Å²) in [5, 5.41) is 3.05. The van der Waals surface area contributed by atoms with Crippen molar-refractivity contribution in [3.05, 3.63) is 29.8 Å². The first kappa shape index (κ1) is 13.5. The van der Waals surface area contributed by atoms with E-state index in [1.807, 2.05) is 24.3 Å². The molecule has 0 radical (unpaired) electrons. The van der Waals surface area contributed by atoms with Crippen molar-refractivity contribution >= 4 is 5.91 Å². The van der Waals surface area contributed by atoms with Crippen molar-refractivity contribution in [3.63, 3.8) is 0 Å². The van der Waals surface area contributed by atoms with Gasteiger partial charge in [-0.15, -0.1) is 0 Å². The number of benzene rings is 1. The summed E-state index contributed by atoms with van der Waals surface area (Å²) >= 11 is 0. The van der Waals surface area contributed by atoms with E-state index in [1.165, 1.54) is 0 Å². The maximum absolute atomic E-state index is 10.9. The number of hydrogen-bond donors (Lipinski definition) is 2. The summed E-state index contributed by atoms with van der Waals surface area (Å²) in [7, 11) is 0. The van der Waals surface area contributed by atoms with Gasteiger partial charge in [-0.1, -0.05) is 19.1 Å². The fourth-order valence-corrected chi connectivity index (χ4v) is 1.34. The molecule has 0 saturated heterocycles. The molecule has 1 aromatic rings. The Morgan fingerprint density at radius 2 is 2.29 bits per heavy atom. The molecule has 17 heavy (non-hydrogen) atoms. The predicted octanol–water partition coefficient (Wildman–Crippen LogP) is 1.44. The molecule has 4 nitrogen and oxygen atoms in total. The third-order valence-electron chi connectivity index (χ3n) is 2.41. The first-order valence-electron chi connectivity index (χ1n) is 5.88. The summed E-state index contributed by atoms with van der Waals surface area (Å²) in [6.07, 6.45) is 0.987. The maximum Gasteiger partial charge on any atom is 0.234 e. The lowest BCUT2D eigenvalue weighted by atomic mass is 10.2. The molecule has 0 spiro atoms. The lowest BCUT2D eigenvalue weighted by Gasteiger charge is -2.11. The zero-order chi connectivity index (χ0) is 12.7. The first-order valence-corrected chi connectivity index (χ1v) is 5.88. The van der Waals surface area contributed by atoms with Crippen molar-refractivity contribution in [3.8, 4) is 5.75 Å². The molecule has 0 heterocycles. The van der Waals surface area contributed by atoms with Gasteiger partial charge in [0.2, 0.25) is 5.91 Å². The average molecular weight is 236 g/mol. The van der Waals surface area contributed by atoms with Crippen LogP contribution in [0.15, 0.2) is 24.3 Å². The Morgan fingerprint density at radius 3 is 2.94 bits per heavy atom. The van der Waals surface area contributed by atoms with Crippen LogP contribution in [0.4, 0.5) is 0 Å². The molecule has 0 saturated carbocycles. The number of rotatable bonds is 7. The number of carbonyl (C=O) groups excluding carboxylic acids is 1. The lowest BCUT2D eigenvalue weighted by molar-refractivity contribution is -0.119. The molecule has 0 fully saturated rings. The quantitative estimate of drug-likeness (QED) is 0.753. The number of ether oxygens (including phenoxy) is 1. The largest absolute Gasteiger partial charge is 0.494 e. The second kappa shape index (κ2) is 6.91. The normalized spacial score (nSPS) is 12.1. The van der Waals surface area contributed by atoms with Gasteiger partial charge in [0.1, 0.15) is 5.75 Å². The van der Waals surface area contributed by atoms with E-state index in [9.17, 15) is 4.79 Å². The minimum atomic E-state index is -0.344. The van der Waals surface area contributed by atoms with Crippen LogP contribution in [-0.4, -0.2) is 18.6 Å². The Labute approximate surface area is 102 Å². The number of nitrogens with one attached hydrogen (secondary N) is 1. The first-order chi connectivity index (χ1) is 8.13. The number of hydrogen-bond acceptors (Lipinski definition) is 3. The summed E-state index contributed by atoms with van der Waals surface area (Å²) < 4.78 is 5.53. The highest BCUT2D eigenvalue weighted by Crippen LogP contribution is 2.13. The van der Waals surface area contributed by atoms with Crippen molar-refractivity contribution in [2.75, 3.05) is 6.61 Å². The van der Waals surface area contributed by atoms with Gasteiger partial charge >= 0.3 is 0 Å². The Hall–Kier alpha value is -1.55. The summed E-state index contributed by atoms with van der Waals surface area (Å²) in [4.78, 5) is 10.9. The van der Waals surface area contributed by atoms with Crippen molar-refractivity contribution in [1.29, 1.82) is 0 Å². The van der Waals surface area contributed by atoms with Gasteiger partial charge in [0.25, 0.3) is 0 Å². The third kappa shape index (κ3) is 4.87. The van der Waals surface area contributed by atoms with E-state index in [2.05, 4.69) is 12.2 Å². The minimum Gasteiger partial charge on any atom is -0.494 e. The van der Waals surface area contributed by atoms with Gasteiger partial charge in [0.15, 0.2) is 0 Å². The molecule has 0 aliphatic rings. The molecular formula is C13H20N2O2. The van der Waals surface area contributed by atoms with Crippen LogP contribution in [0.2, 0.25) is 0 Å². The molecule has 0 bridgehead atoms. The van der Waals surface area contributed by atoms with Gasteiger partial charge in [-0.2, -0.15) is 0 Å². The SMILES string of the molecule is CCCOc1cccc(CNC(C)C(N)=O)c1. The summed E-state index contributed by atoms with van der Waals surface area (Å²) in [5.74, 6) is 0.515. The van der Waals surface area contributed by atoms with Crippen LogP contribution in [0, 0.1) is 0 Å². The van der Waals surface area contributed by atoms with Gasteiger partial charge in [0.05, 0.1) is 12.6 Å². The van der Waals surface area contributed by atoms with Crippen LogP contribution in [-0.2, 0) is 11.3 Å². The van der Waals surface area contributed by atoms with Gasteiger partial charge < -0.3 is 15.8 Å². The fourth-order valence-electron chi connectivity index (χ4n) is 1.34. The number of amides is 1. The van der Waals surface area contributed by atoms with Gasteiger partial charge in [-0.3, -0.25) is 4.79 Å². The van der Waals surface area contributed by atoms with Gasteiger partial charge in [0, 0.05) is 6.54 Å². The van der Waals surface area contributed by atoms with Gasteiger partial charge in [-0.05, 0) is 31.0 Å². The summed E-state index contributed by atoms with van der Waals surface area (Å²) in [6, 6.07) is 7.50.